The number of nitrogens with zero attached hydrogens (tertiary/aromatic N) is 2. The zero-order valence-corrected chi connectivity index (χ0v) is 20.1. The summed E-state index contributed by atoms with van der Waals surface area (Å²) in [5, 5.41) is 3.43. The number of hydrogen-bond donors (Lipinski definition) is 3. The number of aryl methyl sites for hydroxylation is 2. The van der Waals surface area contributed by atoms with Crippen LogP contribution in [0.25, 0.3) is 0 Å². The van der Waals surface area contributed by atoms with Crippen LogP contribution >= 0.6 is 11.6 Å². The normalized spacial score (nSPS) is 18.4. The molecule has 7 nitrogen and oxygen atoms in total. The maximum atomic E-state index is 14.6. The van der Waals surface area contributed by atoms with Gasteiger partial charge in [-0.1, -0.05) is 29.8 Å². The highest BCUT2D eigenvalue weighted by atomic mass is 35.5. The number of rotatable bonds is 8. The van der Waals surface area contributed by atoms with Gasteiger partial charge in [-0.25, -0.2) is 22.8 Å². The fourth-order valence-corrected chi connectivity index (χ4v) is 5.54. The van der Waals surface area contributed by atoms with Crippen LogP contribution in [-0.4, -0.2) is 30.5 Å². The van der Waals surface area contributed by atoms with Gasteiger partial charge in [0.25, 0.3) is 10.0 Å². The van der Waals surface area contributed by atoms with Gasteiger partial charge in [0.1, 0.15) is 10.7 Å². The van der Waals surface area contributed by atoms with Gasteiger partial charge in [0, 0.05) is 24.5 Å². The van der Waals surface area contributed by atoms with Crippen molar-refractivity contribution < 1.29 is 12.8 Å². The summed E-state index contributed by atoms with van der Waals surface area (Å²) in [6.45, 7) is 0. The number of nitrogens with one attached hydrogen (secondary N) is 2. The molecule has 2 aromatic carbocycles. The molecule has 0 spiro atoms. The quantitative estimate of drug-likeness (QED) is 0.416. The van der Waals surface area contributed by atoms with Crippen molar-refractivity contribution in [2.75, 3.05) is 10.0 Å². The minimum Gasteiger partial charge on any atom is -0.351 e. The van der Waals surface area contributed by atoms with Crippen molar-refractivity contribution >= 4 is 33.3 Å². The predicted molar refractivity (Wildman–Crippen MR) is 132 cm³/mol. The summed E-state index contributed by atoms with van der Waals surface area (Å²) in [7, 11) is -4.00. The zero-order valence-electron chi connectivity index (χ0n) is 18.5. The van der Waals surface area contributed by atoms with Gasteiger partial charge < -0.3 is 11.1 Å². The number of nitrogens with two attached hydrogens (primary N) is 1. The van der Waals surface area contributed by atoms with Crippen LogP contribution < -0.4 is 15.8 Å². The third-order valence-electron chi connectivity index (χ3n) is 5.92. The summed E-state index contributed by atoms with van der Waals surface area (Å²) in [5.41, 5.74) is 7.48. The Morgan fingerprint density at radius 2 is 1.68 bits per heavy atom. The van der Waals surface area contributed by atoms with Crippen molar-refractivity contribution in [3.05, 3.63) is 76.8 Å². The lowest BCUT2D eigenvalue weighted by atomic mass is 9.92. The molecule has 0 amide bonds. The lowest BCUT2D eigenvalue weighted by Gasteiger charge is -2.26. The molecule has 1 heterocycles. The standard InChI is InChI=1S/C24H27ClFN5O2S/c25-20-3-1-2-4-23(20)34(32,33)31-22-12-7-16(13-21(22)26)5-6-17-14-28-24(29-15-17)30-19-10-8-18(27)9-11-19/h1-4,7,12-15,18-19,31H,5-6,8-11,27H2,(H,28,29,30)/t18-,19-. The molecule has 4 N–H and O–H groups in total. The molecule has 0 radical (unpaired) electrons. The fraction of sp³-hybridized carbons (Fsp3) is 0.333. The summed E-state index contributed by atoms with van der Waals surface area (Å²) in [4.78, 5) is 8.69. The van der Waals surface area contributed by atoms with Crippen LogP contribution in [0.3, 0.4) is 0 Å². The monoisotopic (exact) mass is 503 g/mol. The number of halogens is 2. The molecule has 0 aliphatic heterocycles. The van der Waals surface area contributed by atoms with Crippen molar-refractivity contribution in [2.45, 2.75) is 55.5 Å². The van der Waals surface area contributed by atoms with Crippen molar-refractivity contribution in [2.24, 2.45) is 5.73 Å². The first-order valence-electron chi connectivity index (χ1n) is 11.2. The minimum absolute atomic E-state index is 0.0680. The van der Waals surface area contributed by atoms with Crippen molar-refractivity contribution in [1.29, 1.82) is 0 Å². The number of benzene rings is 2. The Morgan fingerprint density at radius 1 is 1.00 bits per heavy atom. The van der Waals surface area contributed by atoms with Gasteiger partial charge in [0.05, 0.1) is 10.7 Å². The number of hydrogen-bond acceptors (Lipinski definition) is 6. The average molecular weight is 504 g/mol. The van der Waals surface area contributed by atoms with Crippen LogP contribution in [0.15, 0.2) is 59.8 Å². The molecule has 180 valence electrons. The van der Waals surface area contributed by atoms with Crippen LogP contribution in [0.5, 0.6) is 0 Å². The van der Waals surface area contributed by atoms with Crippen LogP contribution in [0.1, 0.15) is 36.8 Å². The molecule has 0 saturated heterocycles. The highest BCUT2D eigenvalue weighted by Gasteiger charge is 2.20. The van der Waals surface area contributed by atoms with Gasteiger partial charge in [-0.2, -0.15) is 0 Å². The van der Waals surface area contributed by atoms with E-state index in [1.54, 1.807) is 30.6 Å². The molecule has 0 unspecified atom stereocenters. The van der Waals surface area contributed by atoms with Gasteiger partial charge in [-0.3, -0.25) is 4.72 Å². The number of anilines is 2. The third-order valence-corrected chi connectivity index (χ3v) is 7.78. The molecule has 1 aromatic heterocycles. The van der Waals surface area contributed by atoms with E-state index in [9.17, 15) is 12.8 Å². The second kappa shape index (κ2) is 10.7. The molecular formula is C24H27ClFN5O2S. The lowest BCUT2D eigenvalue weighted by molar-refractivity contribution is 0.410. The van der Waals surface area contributed by atoms with E-state index in [2.05, 4.69) is 20.0 Å². The van der Waals surface area contributed by atoms with E-state index in [0.29, 0.717) is 30.9 Å². The van der Waals surface area contributed by atoms with E-state index in [1.807, 2.05) is 0 Å². The number of aromatic nitrogens is 2. The Balaban J connectivity index is 1.33. The smallest absolute Gasteiger partial charge is 0.263 e. The molecule has 1 aliphatic carbocycles. The highest BCUT2D eigenvalue weighted by molar-refractivity contribution is 7.92. The summed E-state index contributed by atoms with van der Waals surface area (Å²) in [5.74, 6) is -0.0541. The van der Waals surface area contributed by atoms with Crippen molar-refractivity contribution in [3.63, 3.8) is 0 Å². The van der Waals surface area contributed by atoms with Gasteiger partial charge in [-0.05, 0) is 73.9 Å². The molecule has 1 saturated carbocycles. The molecule has 4 rings (SSSR count). The van der Waals surface area contributed by atoms with Gasteiger partial charge in [0.15, 0.2) is 0 Å². The Kier molecular flexibility index (Phi) is 7.65. The average Bonchev–Trinajstić information content (AvgIpc) is 2.82. The van der Waals surface area contributed by atoms with Crippen LogP contribution in [0.4, 0.5) is 16.0 Å². The third kappa shape index (κ3) is 6.22. The van der Waals surface area contributed by atoms with E-state index in [0.717, 1.165) is 36.8 Å². The minimum atomic E-state index is -4.00. The van der Waals surface area contributed by atoms with Gasteiger partial charge in [0.2, 0.25) is 5.95 Å². The molecule has 10 heteroatoms. The van der Waals surface area contributed by atoms with E-state index >= 15 is 0 Å². The highest BCUT2D eigenvalue weighted by Crippen LogP contribution is 2.25. The largest absolute Gasteiger partial charge is 0.351 e. The SMILES string of the molecule is N[C@H]1CC[C@H](Nc2ncc(CCc3ccc(NS(=O)(=O)c4ccccc4Cl)c(F)c3)cn2)CC1. The second-order valence-corrected chi connectivity index (χ2v) is 10.6. The molecule has 0 bridgehead atoms. The summed E-state index contributed by atoms with van der Waals surface area (Å²) in [6, 6.07) is 11.1. The van der Waals surface area contributed by atoms with Crippen LogP contribution in [0, 0.1) is 5.82 Å². The fourth-order valence-electron chi connectivity index (χ4n) is 3.95. The molecule has 1 aliphatic rings. The molecular weight excluding hydrogens is 477 g/mol. The van der Waals surface area contributed by atoms with Gasteiger partial charge >= 0.3 is 0 Å². The van der Waals surface area contributed by atoms with Crippen LogP contribution in [0.2, 0.25) is 5.02 Å². The Morgan fingerprint density at radius 3 is 2.35 bits per heavy atom. The van der Waals surface area contributed by atoms with Crippen LogP contribution in [-0.2, 0) is 22.9 Å². The summed E-state index contributed by atoms with van der Waals surface area (Å²) < 4.78 is 42.0. The summed E-state index contributed by atoms with van der Waals surface area (Å²) in [6.07, 6.45) is 8.77. The van der Waals surface area contributed by atoms with E-state index in [1.165, 1.54) is 24.3 Å². The first kappa shape index (κ1) is 24.4. The Hall–Kier alpha value is -2.75. The van der Waals surface area contributed by atoms with Gasteiger partial charge in [-0.15, -0.1) is 0 Å². The van der Waals surface area contributed by atoms with E-state index < -0.39 is 15.8 Å². The number of sulfonamides is 1. The topological polar surface area (TPSA) is 110 Å². The molecule has 1 fully saturated rings. The lowest BCUT2D eigenvalue weighted by Crippen LogP contribution is -2.33. The second-order valence-electron chi connectivity index (χ2n) is 8.52. The predicted octanol–water partition coefficient (Wildman–Crippen LogP) is 4.54. The first-order valence-corrected chi connectivity index (χ1v) is 13.0. The summed E-state index contributed by atoms with van der Waals surface area (Å²) >= 11 is 5.97. The van der Waals surface area contributed by atoms with E-state index in [-0.39, 0.29) is 15.6 Å². The zero-order chi connectivity index (χ0) is 24.1. The Bertz CT molecular complexity index is 1230. The van der Waals surface area contributed by atoms with Crippen molar-refractivity contribution in [1.82, 2.24) is 9.97 Å². The maximum Gasteiger partial charge on any atom is 0.263 e. The Labute approximate surface area is 204 Å². The van der Waals surface area contributed by atoms with Crippen molar-refractivity contribution in [3.8, 4) is 0 Å². The molecule has 34 heavy (non-hydrogen) atoms. The molecule has 3 aromatic rings. The van der Waals surface area contributed by atoms with E-state index in [4.69, 9.17) is 17.3 Å². The maximum absolute atomic E-state index is 14.6. The molecule has 0 atom stereocenters. The first-order chi connectivity index (χ1) is 16.3.